The molecule has 1 atom stereocenters. The largest absolute Gasteiger partial charge is 0.507 e. The maximum Gasteiger partial charge on any atom is 0.163 e. The second-order valence-electron chi connectivity index (χ2n) is 4.95. The van der Waals surface area contributed by atoms with Crippen LogP contribution in [0.2, 0.25) is 5.02 Å². The van der Waals surface area contributed by atoms with E-state index in [9.17, 15) is 9.90 Å². The molecule has 0 aliphatic heterocycles. The van der Waals surface area contributed by atoms with Crippen LogP contribution in [0.15, 0.2) is 12.1 Å². The Kier molecular flexibility index (Phi) is 6.86. The molecule has 0 spiro atoms. The first-order chi connectivity index (χ1) is 9.40. The number of ketones is 1. The first-order valence-corrected chi connectivity index (χ1v) is 8.39. The summed E-state index contributed by atoms with van der Waals surface area (Å²) in [7, 11) is 2.03. The van der Waals surface area contributed by atoms with E-state index in [1.165, 1.54) is 13.0 Å². The van der Waals surface area contributed by atoms with Crippen molar-refractivity contribution in [2.45, 2.75) is 32.9 Å². The highest BCUT2D eigenvalue weighted by Gasteiger charge is 2.17. The third-order valence-corrected chi connectivity index (χ3v) is 4.34. The van der Waals surface area contributed by atoms with Crippen LogP contribution in [0.5, 0.6) is 5.75 Å². The van der Waals surface area contributed by atoms with Gasteiger partial charge in [-0.2, -0.15) is 11.8 Å². The molecule has 0 heterocycles. The lowest BCUT2D eigenvalue weighted by Crippen LogP contribution is -2.32. The lowest BCUT2D eigenvalue weighted by Gasteiger charge is -2.27. The first-order valence-electron chi connectivity index (χ1n) is 6.62. The highest BCUT2D eigenvalue weighted by Crippen LogP contribution is 2.29. The van der Waals surface area contributed by atoms with Gasteiger partial charge in [0.25, 0.3) is 0 Å². The molecule has 0 aliphatic rings. The van der Waals surface area contributed by atoms with E-state index in [2.05, 4.69) is 18.1 Å². The van der Waals surface area contributed by atoms with Crippen LogP contribution in [0.1, 0.15) is 36.2 Å². The molecule has 0 saturated carbocycles. The zero-order valence-electron chi connectivity index (χ0n) is 12.4. The van der Waals surface area contributed by atoms with E-state index in [0.29, 0.717) is 28.7 Å². The van der Waals surface area contributed by atoms with Crippen LogP contribution in [-0.4, -0.2) is 40.9 Å². The molecule has 0 amide bonds. The Morgan fingerprint density at radius 2 is 2.15 bits per heavy atom. The fraction of sp³-hybridized carbons (Fsp3) is 0.533. The van der Waals surface area contributed by atoms with Gasteiger partial charge in [0, 0.05) is 28.9 Å². The molecule has 112 valence electrons. The zero-order chi connectivity index (χ0) is 15.3. The number of phenolic OH excluding ortho intramolecular Hbond substituents is 1. The number of nitrogens with zero attached hydrogens (tertiary/aromatic N) is 1. The van der Waals surface area contributed by atoms with Gasteiger partial charge in [0.15, 0.2) is 5.78 Å². The summed E-state index contributed by atoms with van der Waals surface area (Å²) in [6.45, 7) is 4.16. The van der Waals surface area contributed by atoms with Crippen LogP contribution in [0.25, 0.3) is 0 Å². The van der Waals surface area contributed by atoms with E-state index in [4.69, 9.17) is 11.6 Å². The van der Waals surface area contributed by atoms with Gasteiger partial charge in [-0.25, -0.2) is 0 Å². The average molecular weight is 316 g/mol. The zero-order valence-corrected chi connectivity index (χ0v) is 14.0. The van der Waals surface area contributed by atoms with Crippen LogP contribution in [0, 0.1) is 0 Å². The molecular weight excluding hydrogens is 294 g/mol. The summed E-state index contributed by atoms with van der Waals surface area (Å²) >= 11 is 7.84. The fourth-order valence-corrected chi connectivity index (χ4v) is 3.31. The quantitative estimate of drug-likeness (QED) is 0.777. The SMILES string of the molecule is CCC(CSC)N(C)Cc1cc(Cl)cc(C(C)=O)c1O. The number of rotatable bonds is 7. The van der Waals surface area contributed by atoms with Crippen LogP contribution >= 0.6 is 23.4 Å². The Labute approximate surface area is 130 Å². The third-order valence-electron chi connectivity index (χ3n) is 3.41. The fourth-order valence-electron chi connectivity index (χ4n) is 2.19. The number of halogens is 1. The molecule has 1 unspecified atom stereocenters. The van der Waals surface area contributed by atoms with Gasteiger partial charge in [-0.1, -0.05) is 18.5 Å². The lowest BCUT2D eigenvalue weighted by atomic mass is 10.0. The van der Waals surface area contributed by atoms with Gasteiger partial charge >= 0.3 is 0 Å². The predicted octanol–water partition coefficient (Wildman–Crippen LogP) is 3.82. The number of Topliss-reactive ketones (excluding diaryl/α,β-unsaturated/α-hetero) is 1. The highest BCUT2D eigenvalue weighted by molar-refractivity contribution is 7.98. The van der Waals surface area contributed by atoms with Crippen molar-refractivity contribution >= 4 is 29.1 Å². The van der Waals surface area contributed by atoms with Crippen LogP contribution in [-0.2, 0) is 6.54 Å². The Balaban J connectivity index is 2.99. The van der Waals surface area contributed by atoms with Crippen LogP contribution in [0.3, 0.4) is 0 Å². The molecule has 1 aromatic rings. The number of thioether (sulfide) groups is 1. The van der Waals surface area contributed by atoms with Crippen molar-refractivity contribution < 1.29 is 9.90 Å². The topological polar surface area (TPSA) is 40.5 Å². The van der Waals surface area contributed by atoms with Gasteiger partial charge in [-0.3, -0.25) is 9.69 Å². The van der Waals surface area contributed by atoms with Gasteiger partial charge in [-0.05, 0) is 38.8 Å². The molecule has 0 radical (unpaired) electrons. The number of phenols is 1. The van der Waals surface area contributed by atoms with E-state index in [1.807, 2.05) is 7.05 Å². The van der Waals surface area contributed by atoms with E-state index in [-0.39, 0.29) is 11.5 Å². The van der Waals surface area contributed by atoms with Crippen LogP contribution < -0.4 is 0 Å². The Morgan fingerprint density at radius 3 is 2.65 bits per heavy atom. The summed E-state index contributed by atoms with van der Waals surface area (Å²) in [5.41, 5.74) is 0.989. The third kappa shape index (κ3) is 4.40. The van der Waals surface area contributed by atoms with Crippen LogP contribution in [0.4, 0.5) is 0 Å². The van der Waals surface area contributed by atoms with E-state index in [0.717, 1.165) is 12.2 Å². The summed E-state index contributed by atoms with van der Waals surface area (Å²) in [5, 5.41) is 10.7. The molecule has 1 N–H and O–H groups in total. The molecule has 1 rings (SSSR count). The Hall–Kier alpha value is -0.710. The van der Waals surface area contributed by atoms with Crippen molar-refractivity contribution in [3.63, 3.8) is 0 Å². The molecular formula is C15H22ClNO2S. The van der Waals surface area contributed by atoms with E-state index in [1.54, 1.807) is 17.8 Å². The number of hydrogen-bond acceptors (Lipinski definition) is 4. The van der Waals surface area contributed by atoms with E-state index < -0.39 is 0 Å². The average Bonchev–Trinajstić information content (AvgIpc) is 2.39. The molecule has 0 saturated heterocycles. The molecule has 0 aliphatic carbocycles. The monoisotopic (exact) mass is 315 g/mol. The number of hydrogen-bond donors (Lipinski definition) is 1. The predicted molar refractivity (Wildman–Crippen MR) is 87.0 cm³/mol. The molecule has 5 heteroatoms. The molecule has 3 nitrogen and oxygen atoms in total. The van der Waals surface area contributed by atoms with E-state index >= 15 is 0 Å². The number of carbonyl (C=O) groups excluding carboxylic acids is 1. The van der Waals surface area contributed by atoms with Crippen molar-refractivity contribution in [3.05, 3.63) is 28.3 Å². The maximum absolute atomic E-state index is 11.5. The second-order valence-corrected chi connectivity index (χ2v) is 6.30. The van der Waals surface area contributed by atoms with Gasteiger partial charge in [0.05, 0.1) is 5.56 Å². The molecule has 20 heavy (non-hydrogen) atoms. The van der Waals surface area contributed by atoms with Crippen molar-refractivity contribution in [2.24, 2.45) is 0 Å². The summed E-state index contributed by atoms with van der Waals surface area (Å²) in [6.07, 6.45) is 3.12. The number of carbonyl (C=O) groups is 1. The summed E-state index contributed by atoms with van der Waals surface area (Å²) < 4.78 is 0. The lowest BCUT2D eigenvalue weighted by molar-refractivity contribution is 0.101. The number of aromatic hydroxyl groups is 1. The maximum atomic E-state index is 11.5. The first kappa shape index (κ1) is 17.3. The summed E-state index contributed by atoms with van der Waals surface area (Å²) in [4.78, 5) is 13.7. The molecule has 0 aromatic heterocycles. The van der Waals surface area contributed by atoms with Gasteiger partial charge in [-0.15, -0.1) is 0 Å². The minimum atomic E-state index is -0.176. The smallest absolute Gasteiger partial charge is 0.163 e. The standard InChI is InChI=1S/C15H22ClNO2S/c1-5-13(9-20-4)17(3)8-11-6-12(16)7-14(10(2)18)15(11)19/h6-7,13,19H,5,8-9H2,1-4H3. The normalized spacial score (nSPS) is 12.7. The Bertz CT molecular complexity index is 479. The molecule has 0 bridgehead atoms. The van der Waals surface area contributed by atoms with Gasteiger partial charge in [0.2, 0.25) is 0 Å². The van der Waals surface area contributed by atoms with Crippen molar-refractivity contribution in [3.8, 4) is 5.75 Å². The number of benzene rings is 1. The molecule has 0 fully saturated rings. The van der Waals surface area contributed by atoms with Crippen molar-refractivity contribution in [1.29, 1.82) is 0 Å². The van der Waals surface area contributed by atoms with Gasteiger partial charge < -0.3 is 5.11 Å². The second kappa shape index (κ2) is 7.91. The summed E-state index contributed by atoms with van der Waals surface area (Å²) in [6, 6.07) is 3.68. The summed E-state index contributed by atoms with van der Waals surface area (Å²) in [5.74, 6) is 0.909. The van der Waals surface area contributed by atoms with Crippen molar-refractivity contribution in [1.82, 2.24) is 4.90 Å². The minimum absolute atomic E-state index is 0.0488. The molecule has 1 aromatic carbocycles. The Morgan fingerprint density at radius 1 is 1.50 bits per heavy atom. The van der Waals surface area contributed by atoms with Gasteiger partial charge in [0.1, 0.15) is 5.75 Å². The van der Waals surface area contributed by atoms with Crippen molar-refractivity contribution in [2.75, 3.05) is 19.1 Å². The minimum Gasteiger partial charge on any atom is -0.507 e. The highest BCUT2D eigenvalue weighted by atomic mass is 35.5.